The predicted octanol–water partition coefficient (Wildman–Crippen LogP) is -1.77. The van der Waals surface area contributed by atoms with Gasteiger partial charge in [-0.2, -0.15) is 0 Å². The topological polar surface area (TPSA) is 104 Å². The number of carboxylic acid groups (broad SMARTS) is 1. The summed E-state index contributed by atoms with van der Waals surface area (Å²) in [5.74, 6) is -1.52. The van der Waals surface area contributed by atoms with E-state index in [1.165, 1.54) is 0 Å². The van der Waals surface area contributed by atoms with Crippen molar-refractivity contribution in [2.75, 3.05) is 13.1 Å². The number of nitrogens with one attached hydrogen (secondary N) is 2. The zero-order chi connectivity index (χ0) is 9.90. The quantitative estimate of drug-likeness (QED) is 0.418. The van der Waals surface area contributed by atoms with Crippen molar-refractivity contribution in [3.63, 3.8) is 0 Å². The minimum atomic E-state index is -1.30. The molecule has 13 heavy (non-hydrogen) atoms. The molecule has 0 aliphatic carbocycles. The lowest BCUT2D eigenvalue weighted by Gasteiger charge is -2.25. The van der Waals surface area contributed by atoms with Crippen molar-refractivity contribution in [2.24, 2.45) is 5.73 Å². The summed E-state index contributed by atoms with van der Waals surface area (Å²) < 4.78 is 0. The van der Waals surface area contributed by atoms with E-state index < -0.39 is 17.5 Å². The van der Waals surface area contributed by atoms with Crippen molar-refractivity contribution in [3.8, 4) is 0 Å². The van der Waals surface area contributed by atoms with E-state index in [0.717, 1.165) is 6.42 Å². The highest BCUT2D eigenvalue weighted by Crippen LogP contribution is 2.15. The van der Waals surface area contributed by atoms with Crippen LogP contribution in [0.1, 0.15) is 12.8 Å². The second-order valence-corrected chi connectivity index (χ2v) is 2.99. The largest absolute Gasteiger partial charge is 0.478 e. The van der Waals surface area contributed by atoms with Gasteiger partial charge in [-0.25, -0.2) is 4.79 Å². The third kappa shape index (κ3) is 1.96. The lowest BCUT2D eigenvalue weighted by atomic mass is 10.1. The molecule has 6 nitrogen and oxygen atoms in total. The highest BCUT2D eigenvalue weighted by molar-refractivity contribution is 5.87. The summed E-state index contributed by atoms with van der Waals surface area (Å²) in [6, 6.07) is 0. The van der Waals surface area contributed by atoms with Crippen molar-refractivity contribution < 1.29 is 14.7 Å². The Morgan fingerprint density at radius 3 is 2.69 bits per heavy atom. The minimum Gasteiger partial charge on any atom is -0.478 e. The highest BCUT2D eigenvalue weighted by atomic mass is 16.4. The molecular formula is C7H13N3O3. The normalized spacial score (nSPS) is 27.2. The molecule has 1 aliphatic heterocycles. The molecule has 0 spiro atoms. The number of carbonyl (C=O) groups excluding carboxylic acids is 1. The number of hydrogen-bond donors (Lipinski definition) is 4. The molecule has 1 saturated heterocycles. The predicted molar refractivity (Wildman–Crippen MR) is 44.8 cm³/mol. The van der Waals surface area contributed by atoms with Gasteiger partial charge >= 0.3 is 5.97 Å². The second kappa shape index (κ2) is 3.71. The third-order valence-corrected chi connectivity index (χ3v) is 2.06. The Bertz CT molecular complexity index is 223. The first-order valence-corrected chi connectivity index (χ1v) is 4.10. The van der Waals surface area contributed by atoms with Gasteiger partial charge < -0.3 is 16.2 Å². The molecule has 1 aliphatic rings. The number of carbonyl (C=O) groups is 2. The molecule has 0 unspecified atom stereocenters. The summed E-state index contributed by atoms with van der Waals surface area (Å²) >= 11 is 0. The van der Waals surface area contributed by atoms with Crippen molar-refractivity contribution in [3.05, 3.63) is 0 Å². The van der Waals surface area contributed by atoms with Crippen LogP contribution in [0.2, 0.25) is 0 Å². The van der Waals surface area contributed by atoms with Crippen LogP contribution in [-0.2, 0) is 9.59 Å². The van der Waals surface area contributed by atoms with Crippen LogP contribution in [0, 0.1) is 0 Å². The number of hydrogen-bond acceptors (Lipinski definition) is 4. The van der Waals surface area contributed by atoms with Gasteiger partial charge in [0.1, 0.15) is 0 Å². The SMILES string of the molecule is NCC(=O)N[C@@]1(C(=O)O)CCCN1. The van der Waals surface area contributed by atoms with Crippen molar-refractivity contribution in [2.45, 2.75) is 18.5 Å². The summed E-state index contributed by atoms with van der Waals surface area (Å²) in [7, 11) is 0. The Hall–Kier alpha value is -1.14. The minimum absolute atomic E-state index is 0.198. The first-order chi connectivity index (χ1) is 6.10. The van der Waals surface area contributed by atoms with E-state index >= 15 is 0 Å². The zero-order valence-corrected chi connectivity index (χ0v) is 7.17. The molecule has 1 atom stereocenters. The maximum absolute atomic E-state index is 10.9. The summed E-state index contributed by atoms with van der Waals surface area (Å²) in [6.45, 7) is 0.397. The molecule has 6 heteroatoms. The molecule has 5 N–H and O–H groups in total. The molecule has 0 bridgehead atoms. The monoisotopic (exact) mass is 187 g/mol. The second-order valence-electron chi connectivity index (χ2n) is 2.99. The van der Waals surface area contributed by atoms with E-state index in [1.54, 1.807) is 0 Å². The fourth-order valence-electron chi connectivity index (χ4n) is 1.38. The Labute approximate surface area is 75.5 Å². The molecule has 0 aromatic heterocycles. The molecule has 1 fully saturated rings. The average Bonchev–Trinajstić information content (AvgIpc) is 2.54. The van der Waals surface area contributed by atoms with Gasteiger partial charge in [0.05, 0.1) is 6.54 Å². The molecule has 0 aromatic rings. The zero-order valence-electron chi connectivity index (χ0n) is 7.17. The van der Waals surface area contributed by atoms with Crippen LogP contribution in [0.15, 0.2) is 0 Å². The van der Waals surface area contributed by atoms with Gasteiger partial charge in [-0.05, 0) is 19.4 Å². The Balaban J connectivity index is 2.68. The van der Waals surface area contributed by atoms with Gasteiger partial charge in [-0.1, -0.05) is 0 Å². The van der Waals surface area contributed by atoms with E-state index in [4.69, 9.17) is 10.8 Å². The molecule has 74 valence electrons. The van der Waals surface area contributed by atoms with Gasteiger partial charge in [0.2, 0.25) is 5.91 Å². The Morgan fingerprint density at radius 2 is 2.31 bits per heavy atom. The molecular weight excluding hydrogens is 174 g/mol. The van der Waals surface area contributed by atoms with Gasteiger partial charge in [-0.15, -0.1) is 0 Å². The molecule has 1 amide bonds. The standard InChI is InChI=1S/C7H13N3O3/c8-4-5(11)10-7(6(12)13)2-1-3-9-7/h9H,1-4,8H2,(H,10,11)(H,12,13)/t7-/m1/s1. The summed E-state index contributed by atoms with van der Waals surface area (Å²) in [5.41, 5.74) is 3.78. The molecule has 0 radical (unpaired) electrons. The van der Waals surface area contributed by atoms with Crippen LogP contribution in [0.25, 0.3) is 0 Å². The van der Waals surface area contributed by atoms with Gasteiger partial charge in [0.25, 0.3) is 0 Å². The van der Waals surface area contributed by atoms with E-state index in [0.29, 0.717) is 13.0 Å². The van der Waals surface area contributed by atoms with E-state index in [9.17, 15) is 9.59 Å². The number of aliphatic carboxylic acids is 1. The number of rotatable bonds is 3. The van der Waals surface area contributed by atoms with Crippen LogP contribution in [0.5, 0.6) is 0 Å². The summed E-state index contributed by atoms with van der Waals surface area (Å²) in [6.07, 6.45) is 1.13. The third-order valence-electron chi connectivity index (χ3n) is 2.06. The Morgan fingerprint density at radius 1 is 1.62 bits per heavy atom. The molecule has 0 saturated carbocycles. The Kier molecular flexibility index (Phi) is 2.84. The van der Waals surface area contributed by atoms with E-state index in [1.807, 2.05) is 0 Å². The van der Waals surface area contributed by atoms with E-state index in [-0.39, 0.29) is 6.54 Å². The fourth-order valence-corrected chi connectivity index (χ4v) is 1.38. The summed E-state index contributed by atoms with van der Waals surface area (Å²) in [5, 5.41) is 14.0. The maximum atomic E-state index is 10.9. The van der Waals surface area contributed by atoms with Crippen molar-refractivity contribution >= 4 is 11.9 Å². The number of carboxylic acids is 1. The molecule has 0 aromatic carbocycles. The molecule has 1 heterocycles. The van der Waals surface area contributed by atoms with E-state index in [2.05, 4.69) is 10.6 Å². The number of nitrogens with two attached hydrogens (primary N) is 1. The van der Waals surface area contributed by atoms with Crippen LogP contribution in [0.4, 0.5) is 0 Å². The van der Waals surface area contributed by atoms with Crippen LogP contribution >= 0.6 is 0 Å². The summed E-state index contributed by atoms with van der Waals surface area (Å²) in [4.78, 5) is 21.8. The van der Waals surface area contributed by atoms with Crippen LogP contribution in [0.3, 0.4) is 0 Å². The number of amides is 1. The van der Waals surface area contributed by atoms with Crippen LogP contribution < -0.4 is 16.4 Å². The maximum Gasteiger partial charge on any atom is 0.344 e. The lowest BCUT2D eigenvalue weighted by Crippen LogP contribution is -2.61. The fraction of sp³-hybridized carbons (Fsp3) is 0.714. The highest BCUT2D eigenvalue weighted by Gasteiger charge is 2.42. The first kappa shape index (κ1) is 9.94. The van der Waals surface area contributed by atoms with Crippen molar-refractivity contribution in [1.29, 1.82) is 0 Å². The smallest absolute Gasteiger partial charge is 0.344 e. The first-order valence-electron chi connectivity index (χ1n) is 4.10. The van der Waals surface area contributed by atoms with Crippen LogP contribution in [-0.4, -0.2) is 35.7 Å². The van der Waals surface area contributed by atoms with Crippen molar-refractivity contribution in [1.82, 2.24) is 10.6 Å². The van der Waals surface area contributed by atoms with Gasteiger partial charge in [0.15, 0.2) is 5.66 Å². The lowest BCUT2D eigenvalue weighted by molar-refractivity contribution is -0.148. The van der Waals surface area contributed by atoms with Gasteiger partial charge in [0, 0.05) is 0 Å². The molecule has 1 rings (SSSR count). The van der Waals surface area contributed by atoms with Gasteiger partial charge in [-0.3, -0.25) is 10.1 Å². The average molecular weight is 187 g/mol.